The first-order chi connectivity index (χ1) is 8.15. The van der Waals surface area contributed by atoms with E-state index in [-0.39, 0.29) is 12.4 Å². The summed E-state index contributed by atoms with van der Waals surface area (Å²) in [5, 5.41) is 3.48. The lowest BCUT2D eigenvalue weighted by Crippen LogP contribution is -2.49. The fourth-order valence-electron chi connectivity index (χ4n) is 2.48. The van der Waals surface area contributed by atoms with Crippen LogP contribution in [0.5, 0.6) is 0 Å². The highest BCUT2D eigenvalue weighted by Gasteiger charge is 2.18. The molecule has 1 N–H and O–H groups in total. The Morgan fingerprint density at radius 2 is 2.28 bits per heavy atom. The molecule has 0 aliphatic carbocycles. The lowest BCUT2D eigenvalue weighted by Gasteiger charge is -2.33. The van der Waals surface area contributed by atoms with Crippen molar-refractivity contribution in [3.63, 3.8) is 0 Å². The first kappa shape index (κ1) is 16.0. The molecule has 0 saturated carbocycles. The summed E-state index contributed by atoms with van der Waals surface area (Å²) in [5.41, 5.74) is 1.42. The minimum absolute atomic E-state index is 0. The van der Waals surface area contributed by atoms with E-state index in [1.807, 2.05) is 0 Å². The molecule has 1 aromatic rings. The molecule has 4 heteroatoms. The molecule has 18 heavy (non-hydrogen) atoms. The Morgan fingerprint density at radius 1 is 1.50 bits per heavy atom. The molecule has 1 unspecified atom stereocenters. The van der Waals surface area contributed by atoms with Gasteiger partial charge in [0.2, 0.25) is 0 Å². The van der Waals surface area contributed by atoms with Crippen molar-refractivity contribution in [1.82, 2.24) is 10.2 Å². The predicted octanol–water partition coefficient (Wildman–Crippen LogP) is 3.27. The van der Waals surface area contributed by atoms with Gasteiger partial charge in [0.25, 0.3) is 0 Å². The van der Waals surface area contributed by atoms with E-state index < -0.39 is 0 Å². The number of hydrogen-bond donors (Lipinski definition) is 1. The Labute approximate surface area is 125 Å². The second-order valence-electron chi connectivity index (χ2n) is 5.07. The van der Waals surface area contributed by atoms with Gasteiger partial charge in [0.1, 0.15) is 0 Å². The molecule has 0 bridgehead atoms. The van der Waals surface area contributed by atoms with E-state index in [2.05, 4.69) is 64.3 Å². The maximum absolute atomic E-state index is 3.54. The highest BCUT2D eigenvalue weighted by molar-refractivity contribution is 9.10. The van der Waals surface area contributed by atoms with E-state index in [0.29, 0.717) is 12.0 Å². The SMILES string of the molecule is CC(CN1CCN[C@H](C)C1)c1cccc(Br)c1.Cl. The third-order valence-electron chi connectivity index (χ3n) is 3.40. The van der Waals surface area contributed by atoms with Gasteiger partial charge < -0.3 is 5.32 Å². The summed E-state index contributed by atoms with van der Waals surface area (Å²) in [7, 11) is 0. The lowest BCUT2D eigenvalue weighted by molar-refractivity contribution is 0.199. The van der Waals surface area contributed by atoms with Crippen molar-refractivity contribution in [2.24, 2.45) is 0 Å². The average Bonchev–Trinajstić information content (AvgIpc) is 2.29. The lowest BCUT2D eigenvalue weighted by atomic mass is 10.0. The summed E-state index contributed by atoms with van der Waals surface area (Å²) in [6.07, 6.45) is 0. The Kier molecular flexibility index (Phi) is 6.64. The predicted molar refractivity (Wildman–Crippen MR) is 83.7 cm³/mol. The Hall–Kier alpha value is -0.0900. The number of hydrogen-bond acceptors (Lipinski definition) is 2. The summed E-state index contributed by atoms with van der Waals surface area (Å²) < 4.78 is 1.18. The minimum Gasteiger partial charge on any atom is -0.312 e. The Morgan fingerprint density at radius 3 is 2.94 bits per heavy atom. The van der Waals surface area contributed by atoms with Crippen LogP contribution in [0.2, 0.25) is 0 Å². The van der Waals surface area contributed by atoms with E-state index in [0.717, 1.165) is 13.1 Å². The van der Waals surface area contributed by atoms with Gasteiger partial charge in [-0.3, -0.25) is 4.90 Å². The highest BCUT2D eigenvalue weighted by atomic mass is 79.9. The Balaban J connectivity index is 0.00000162. The smallest absolute Gasteiger partial charge is 0.0178 e. The zero-order valence-electron chi connectivity index (χ0n) is 11.0. The summed E-state index contributed by atoms with van der Waals surface area (Å²) in [4.78, 5) is 2.56. The first-order valence-electron chi connectivity index (χ1n) is 6.36. The zero-order chi connectivity index (χ0) is 12.3. The van der Waals surface area contributed by atoms with Crippen LogP contribution < -0.4 is 5.32 Å². The standard InChI is InChI=1S/C14H21BrN2.ClH/c1-11(13-4-3-5-14(15)8-13)9-17-7-6-16-12(2)10-17;/h3-5,8,11-12,16H,6-7,9-10H2,1-2H3;1H/t11?,12-;/m1./s1. The normalized spacial score (nSPS) is 22.3. The third kappa shape index (κ3) is 4.54. The molecule has 2 rings (SSSR count). The van der Waals surface area contributed by atoms with Gasteiger partial charge in [-0.15, -0.1) is 12.4 Å². The highest BCUT2D eigenvalue weighted by Crippen LogP contribution is 2.21. The van der Waals surface area contributed by atoms with Crippen LogP contribution in [0.25, 0.3) is 0 Å². The van der Waals surface area contributed by atoms with Gasteiger partial charge >= 0.3 is 0 Å². The zero-order valence-corrected chi connectivity index (χ0v) is 13.4. The van der Waals surface area contributed by atoms with Crippen molar-refractivity contribution in [3.05, 3.63) is 34.3 Å². The van der Waals surface area contributed by atoms with Crippen molar-refractivity contribution < 1.29 is 0 Å². The first-order valence-corrected chi connectivity index (χ1v) is 7.15. The molecule has 0 spiro atoms. The minimum atomic E-state index is 0. The van der Waals surface area contributed by atoms with Crippen molar-refractivity contribution in [2.45, 2.75) is 25.8 Å². The fourth-order valence-corrected chi connectivity index (χ4v) is 2.90. The molecule has 1 aliphatic heterocycles. The second-order valence-corrected chi connectivity index (χ2v) is 5.99. The molecule has 0 aromatic heterocycles. The topological polar surface area (TPSA) is 15.3 Å². The van der Waals surface area contributed by atoms with E-state index in [1.54, 1.807) is 0 Å². The number of halogens is 2. The van der Waals surface area contributed by atoms with Crippen molar-refractivity contribution in [3.8, 4) is 0 Å². The monoisotopic (exact) mass is 332 g/mol. The van der Waals surface area contributed by atoms with Crippen LogP contribution in [-0.4, -0.2) is 37.1 Å². The van der Waals surface area contributed by atoms with Gasteiger partial charge in [0, 0.05) is 36.7 Å². The number of rotatable bonds is 3. The van der Waals surface area contributed by atoms with Gasteiger partial charge in [-0.25, -0.2) is 0 Å². The summed E-state index contributed by atoms with van der Waals surface area (Å²) >= 11 is 3.54. The largest absolute Gasteiger partial charge is 0.312 e. The van der Waals surface area contributed by atoms with E-state index in [4.69, 9.17) is 0 Å². The maximum atomic E-state index is 3.54. The average molecular weight is 334 g/mol. The quantitative estimate of drug-likeness (QED) is 0.913. The van der Waals surface area contributed by atoms with Gasteiger partial charge in [0.15, 0.2) is 0 Å². The molecule has 102 valence electrons. The molecule has 2 atom stereocenters. The van der Waals surface area contributed by atoms with Crippen LogP contribution in [-0.2, 0) is 0 Å². The number of nitrogens with one attached hydrogen (secondary N) is 1. The second kappa shape index (κ2) is 7.49. The molecular weight excluding hydrogens is 312 g/mol. The van der Waals surface area contributed by atoms with Gasteiger partial charge in [-0.1, -0.05) is 35.0 Å². The van der Waals surface area contributed by atoms with Crippen LogP contribution in [0.15, 0.2) is 28.7 Å². The fraction of sp³-hybridized carbons (Fsp3) is 0.571. The molecular formula is C14H22BrClN2. The molecule has 1 fully saturated rings. The summed E-state index contributed by atoms with van der Waals surface area (Å²) in [6, 6.07) is 9.29. The van der Waals surface area contributed by atoms with Crippen molar-refractivity contribution in [2.75, 3.05) is 26.2 Å². The molecule has 1 aliphatic rings. The number of benzene rings is 1. The van der Waals surface area contributed by atoms with Gasteiger partial charge in [-0.05, 0) is 30.5 Å². The third-order valence-corrected chi connectivity index (χ3v) is 3.90. The molecule has 1 heterocycles. The Bertz CT molecular complexity index is 373. The molecule has 0 amide bonds. The maximum Gasteiger partial charge on any atom is 0.0178 e. The van der Waals surface area contributed by atoms with E-state index >= 15 is 0 Å². The molecule has 1 aromatic carbocycles. The summed E-state index contributed by atoms with van der Waals surface area (Å²) in [5.74, 6) is 0.595. The van der Waals surface area contributed by atoms with Crippen molar-refractivity contribution in [1.29, 1.82) is 0 Å². The van der Waals surface area contributed by atoms with E-state index in [1.165, 1.54) is 23.1 Å². The molecule has 2 nitrogen and oxygen atoms in total. The molecule has 0 radical (unpaired) electrons. The van der Waals surface area contributed by atoms with Crippen LogP contribution in [0.3, 0.4) is 0 Å². The van der Waals surface area contributed by atoms with E-state index in [9.17, 15) is 0 Å². The van der Waals surface area contributed by atoms with Gasteiger partial charge in [-0.2, -0.15) is 0 Å². The number of nitrogens with zero attached hydrogens (tertiary/aromatic N) is 1. The number of piperazine rings is 1. The van der Waals surface area contributed by atoms with Crippen LogP contribution in [0.4, 0.5) is 0 Å². The van der Waals surface area contributed by atoms with Crippen LogP contribution in [0.1, 0.15) is 25.3 Å². The summed E-state index contributed by atoms with van der Waals surface area (Å²) in [6.45, 7) is 9.18. The van der Waals surface area contributed by atoms with Gasteiger partial charge in [0.05, 0.1) is 0 Å². The van der Waals surface area contributed by atoms with Crippen LogP contribution in [0, 0.1) is 0 Å². The molecule has 1 saturated heterocycles. The van der Waals surface area contributed by atoms with Crippen LogP contribution >= 0.6 is 28.3 Å². The van der Waals surface area contributed by atoms with Crippen molar-refractivity contribution >= 4 is 28.3 Å².